The second-order valence-corrected chi connectivity index (χ2v) is 32.8. The number of unbranched alkanes of at least 4 members (excludes halogenated alkanes) is 26. The van der Waals surface area contributed by atoms with Gasteiger partial charge in [0.05, 0.1) is 118 Å². The van der Waals surface area contributed by atoms with Gasteiger partial charge in [-0.1, -0.05) is 162 Å². The highest BCUT2D eigenvalue weighted by molar-refractivity contribution is 5.83. The van der Waals surface area contributed by atoms with Crippen molar-refractivity contribution in [3.05, 3.63) is 24.6 Å². The Bertz CT molecular complexity index is 2900. The third-order valence-electron chi connectivity index (χ3n) is 20.5. The fourth-order valence-electron chi connectivity index (χ4n) is 12.6. The fraction of sp³-hybridized carbons (Fsp3) is 0.819. The number of allylic oxidation sites excluding steroid dienone is 1. The minimum atomic E-state index is -1.02. The van der Waals surface area contributed by atoms with Crippen LogP contribution in [0, 0.1) is 0 Å². The molecule has 9 amide bonds. The van der Waals surface area contributed by atoms with Gasteiger partial charge >= 0.3 is 17.9 Å². The number of carbonyl (C=O) groups is 13. The summed E-state index contributed by atoms with van der Waals surface area (Å²) in [6.07, 6.45) is 38.1. The highest BCUT2D eigenvalue weighted by Gasteiger charge is 2.20. The molecule has 0 heterocycles. The van der Waals surface area contributed by atoms with Gasteiger partial charge in [0.25, 0.3) is 0 Å². The Morgan fingerprint density at radius 2 is 0.537 bits per heavy atom. The Kier molecular flexibility index (Phi) is 96.4. The predicted molar refractivity (Wildman–Crippen MR) is 513 cm³/mol. The summed E-state index contributed by atoms with van der Waals surface area (Å²) in [5.74, 6) is -4.48. The molecule has 0 aromatic carbocycles. The molecule has 4 atom stereocenters. The Hall–Kier alpha value is -8.13. The van der Waals surface area contributed by atoms with Crippen molar-refractivity contribution in [1.82, 2.24) is 47.9 Å². The largest absolute Gasteiger partial charge is 0.481 e. The van der Waals surface area contributed by atoms with Gasteiger partial charge in [-0.15, -0.1) is 0 Å². The first kappa shape index (κ1) is 130. The highest BCUT2D eigenvalue weighted by atomic mass is 16.5. The minimum absolute atomic E-state index is 0.00318. The number of ether oxygens (including phenoxy) is 10. The zero-order valence-corrected chi connectivity index (χ0v) is 81.5. The number of amides is 9. The van der Waals surface area contributed by atoms with Crippen LogP contribution in [-0.2, 0) is 110 Å². The molecule has 0 aromatic rings. The second kappa shape index (κ2) is 99.4. The molecule has 0 unspecified atom stereocenters. The van der Waals surface area contributed by atoms with Crippen LogP contribution in [0.1, 0.15) is 290 Å². The number of hydrogen-bond donors (Lipinski definition) is 17. The zero-order valence-electron chi connectivity index (χ0n) is 81.5. The van der Waals surface area contributed by atoms with E-state index in [9.17, 15) is 62.3 Å². The molecular formula is C94H178N14O26. The van der Waals surface area contributed by atoms with Crippen molar-refractivity contribution in [1.29, 1.82) is 0 Å². The second-order valence-electron chi connectivity index (χ2n) is 32.8. The Balaban J connectivity index is -0.00000197. The molecule has 0 saturated heterocycles. The van der Waals surface area contributed by atoms with E-state index in [0.717, 1.165) is 89.2 Å². The number of ketones is 1. The van der Waals surface area contributed by atoms with Crippen molar-refractivity contribution in [2.24, 2.45) is 28.7 Å². The summed E-state index contributed by atoms with van der Waals surface area (Å²) >= 11 is 0. The van der Waals surface area contributed by atoms with Crippen LogP contribution in [0.2, 0.25) is 0 Å². The molecule has 0 saturated carbocycles. The summed E-state index contributed by atoms with van der Waals surface area (Å²) < 4.78 is 54.1. The van der Waals surface area contributed by atoms with Gasteiger partial charge < -0.3 is 139 Å². The van der Waals surface area contributed by atoms with Crippen LogP contribution in [-0.4, -0.2) is 301 Å². The summed E-state index contributed by atoms with van der Waals surface area (Å²) in [4.78, 5) is 148. The molecule has 134 heavy (non-hydrogen) atoms. The first-order chi connectivity index (χ1) is 64.6. The smallest absolute Gasteiger partial charge is 0.320 e. The number of carboxylic acids is 3. The van der Waals surface area contributed by atoms with Gasteiger partial charge in [-0.3, -0.25) is 62.3 Å². The molecule has 40 heteroatoms. The average molecular weight is 1920 g/mol. The molecule has 0 aliphatic carbocycles. The van der Waals surface area contributed by atoms with E-state index in [1.807, 2.05) is 0 Å². The van der Waals surface area contributed by atoms with Crippen LogP contribution in [0.25, 0.3) is 0 Å². The monoisotopic (exact) mass is 1920 g/mol. The van der Waals surface area contributed by atoms with Crippen LogP contribution >= 0.6 is 0 Å². The van der Waals surface area contributed by atoms with Gasteiger partial charge in [-0.05, 0) is 103 Å². The number of aliphatic carboxylic acids is 3. The molecule has 40 nitrogen and oxygen atoms in total. The van der Waals surface area contributed by atoms with Crippen molar-refractivity contribution in [3.63, 3.8) is 0 Å². The Morgan fingerprint density at radius 1 is 0.261 bits per heavy atom. The summed E-state index contributed by atoms with van der Waals surface area (Å²) in [5.41, 5.74) is 28.3. The summed E-state index contributed by atoms with van der Waals surface area (Å²) in [7, 11) is 0. The van der Waals surface area contributed by atoms with E-state index in [-0.39, 0.29) is 126 Å². The maximum Gasteiger partial charge on any atom is 0.320 e. The lowest BCUT2D eigenvalue weighted by atomic mass is 10.0. The van der Waals surface area contributed by atoms with Gasteiger partial charge in [0.1, 0.15) is 38.5 Å². The van der Waals surface area contributed by atoms with Crippen molar-refractivity contribution in [2.45, 2.75) is 314 Å². The number of carboxylic acid groups (broad SMARTS) is 3. The van der Waals surface area contributed by atoms with Crippen molar-refractivity contribution < 1.29 is 125 Å². The first-order valence-corrected chi connectivity index (χ1v) is 49.2. The molecule has 0 rings (SSSR count). The third-order valence-corrected chi connectivity index (χ3v) is 20.5. The highest BCUT2D eigenvalue weighted by Crippen LogP contribution is 2.17. The zero-order chi connectivity index (χ0) is 99.6. The molecule has 0 spiro atoms. The number of nitrogens with one attached hydrogen (secondary N) is 9. The normalized spacial score (nSPS) is 11.8. The van der Waals surface area contributed by atoms with Gasteiger partial charge in [0, 0.05) is 102 Å². The quantitative estimate of drug-likeness (QED) is 0.0306. The van der Waals surface area contributed by atoms with E-state index in [1.54, 1.807) is 13.8 Å². The Labute approximate surface area is 798 Å². The van der Waals surface area contributed by atoms with Crippen molar-refractivity contribution >= 4 is 76.9 Å². The molecule has 0 aliphatic rings. The topological polar surface area (TPSA) is 613 Å². The average Bonchev–Trinajstić information content (AvgIpc) is 0.916. The summed E-state index contributed by atoms with van der Waals surface area (Å²) in [5, 5.41) is 51.7. The van der Waals surface area contributed by atoms with Gasteiger partial charge in [-0.2, -0.15) is 0 Å². The van der Waals surface area contributed by atoms with Crippen LogP contribution < -0.4 is 76.5 Å². The summed E-state index contributed by atoms with van der Waals surface area (Å²) in [6, 6.07) is -2.79. The molecular weight excluding hydrogens is 1740 g/mol. The molecule has 0 radical (unpaired) electrons. The van der Waals surface area contributed by atoms with E-state index in [1.165, 1.54) is 89.9 Å². The number of rotatable bonds is 99. The van der Waals surface area contributed by atoms with E-state index < -0.39 is 53.9 Å². The molecule has 0 aromatic heterocycles. The Morgan fingerprint density at radius 3 is 0.881 bits per heavy atom. The number of nitrogens with two attached hydrogens (primary N) is 5. The maximum atomic E-state index is 13.1. The van der Waals surface area contributed by atoms with Gasteiger partial charge in [0.2, 0.25) is 53.2 Å². The molecule has 780 valence electrons. The number of carbonyl (C=O) groups excluding carboxylic acids is 10. The number of Topliss-reactive ketones (excluding diaryl/α,β-unsaturated/α-hetero) is 1. The van der Waals surface area contributed by atoms with Crippen LogP contribution in [0.4, 0.5) is 0 Å². The molecule has 0 bridgehead atoms. The number of primary amides is 2. The molecule has 0 aliphatic heterocycles. The van der Waals surface area contributed by atoms with Gasteiger partial charge in [0.15, 0.2) is 5.78 Å². The van der Waals surface area contributed by atoms with E-state index in [4.69, 9.17) is 91.4 Å². The fourth-order valence-corrected chi connectivity index (χ4v) is 12.6. The number of hydrogen-bond acceptors (Lipinski definition) is 28. The van der Waals surface area contributed by atoms with Crippen LogP contribution in [0.3, 0.4) is 0 Å². The lowest BCUT2D eigenvalue weighted by Crippen LogP contribution is -2.45. The predicted octanol–water partition coefficient (Wildman–Crippen LogP) is 6.10. The third kappa shape index (κ3) is 101. The maximum absolute atomic E-state index is 13.1. The van der Waals surface area contributed by atoms with Gasteiger partial charge in [-0.25, -0.2) is 0 Å². The van der Waals surface area contributed by atoms with E-state index >= 15 is 0 Å². The molecule has 22 N–H and O–H groups in total. The molecule has 0 fully saturated rings. The lowest BCUT2D eigenvalue weighted by Gasteiger charge is -2.21. The SMILES string of the molecule is C=C(CCCCCCCCCCCCCCC(=O)O)NCCOCCOCC(=O)NCCCC[C@H](N)C(N)=O.C=C(COCCOCCNC(=O)CC)N[C@@H](CCCCC(=O)COCCOCCNC(=O)CC)C(=O)NCCOCCOCC(=O)NCCCC[C@H](N)C(N)=O.N[C@@H](CCCCNC(=O)COCCOCCNC(=O)CCCCCCCCCCCCCCC(=O)O)C(=O)O. The standard InChI is InChI=1S/C37H69N7O12.C29H56N4O6.C28H53N3O8/c1-4-33(46)41-14-17-51-20-23-54-26-29(3)44-32(12-7-6-10-30(45)27-55-24-21-52-18-15-42-34(47)5-2)37(50)43-16-19-53-22-25-56-28-35(48)40-13-9-8-11-31(38)36(39)49;1-25(16-12-10-8-6-4-2-3-5-7-9-11-13-18-28(35)36)32-20-21-38-22-23-39-24-27(34)33-19-15-14-17-26(30)29(31)37;29-24(28(36)37)15-13-14-18-30-26(33)23-39-22-21-38-20-19-31-25(32)16-11-9-7-5-3-1-2-4-6-8-10-12-17-27(34)35/h31-32,44H,3-28,38H2,1-2H3,(H2,39,49)(H,40,48)(H,41,46)(H,42,47)(H,43,50);26,32H,1-24,30H2,(H2,31,37)(H,33,34)(H,35,36);24H,1-23,29H2,(H,30,33)(H,31,32)(H,34,35)(H,36,37)/t31-,32-;26-;24-/m000/s1. The van der Waals surface area contributed by atoms with E-state index in [2.05, 4.69) is 61.0 Å². The summed E-state index contributed by atoms with van der Waals surface area (Å²) in [6.45, 7) is 20.1. The van der Waals surface area contributed by atoms with Crippen molar-refractivity contribution in [3.8, 4) is 0 Å². The van der Waals surface area contributed by atoms with E-state index in [0.29, 0.717) is 214 Å². The lowest BCUT2D eigenvalue weighted by molar-refractivity contribution is -0.139. The minimum Gasteiger partial charge on any atom is -0.481 e. The van der Waals surface area contributed by atoms with Crippen LogP contribution in [0.5, 0.6) is 0 Å². The van der Waals surface area contributed by atoms with Crippen LogP contribution in [0.15, 0.2) is 24.6 Å². The first-order valence-electron chi connectivity index (χ1n) is 49.2. The van der Waals surface area contributed by atoms with Crippen molar-refractivity contribution in [2.75, 3.05) is 184 Å².